The lowest BCUT2D eigenvalue weighted by molar-refractivity contribution is -0.130. The van der Waals surface area contributed by atoms with Crippen LogP contribution in [0, 0.1) is 11.3 Å². The normalized spacial score (nSPS) is 19.8. The molecular formula is C21H29N3O4. The van der Waals surface area contributed by atoms with E-state index in [4.69, 9.17) is 14.7 Å². The molecule has 2 fully saturated rings. The van der Waals surface area contributed by atoms with Crippen LogP contribution in [0.25, 0.3) is 0 Å². The molecule has 0 bridgehead atoms. The quantitative estimate of drug-likeness (QED) is 0.552. The van der Waals surface area contributed by atoms with E-state index in [9.17, 15) is 10.1 Å². The molecule has 1 amide bonds. The van der Waals surface area contributed by atoms with Gasteiger partial charge in [0, 0.05) is 13.1 Å². The number of hydrogen-bond donors (Lipinski definition) is 2. The summed E-state index contributed by atoms with van der Waals surface area (Å²) >= 11 is 0. The maximum absolute atomic E-state index is 11.4. The second-order valence-electron chi connectivity index (χ2n) is 7.62. The summed E-state index contributed by atoms with van der Waals surface area (Å²) in [5.74, 6) is 1.02. The first-order valence-electron chi connectivity index (χ1n) is 10.1. The summed E-state index contributed by atoms with van der Waals surface area (Å²) in [5, 5.41) is 18.7. The molecule has 0 aromatic heterocycles. The molecule has 1 aliphatic carbocycles. The van der Waals surface area contributed by atoms with E-state index in [2.05, 4.69) is 6.07 Å². The standard InChI is InChI=1S/C21H29N3O4/c1-2-27-18-8-7-16(13-19(18)28-17-5-3-4-6-17)21(15-22)9-11-24(12-10-21)14-20(25)23-26/h7-8,13,17,26H,2-6,9-12,14H2,1H3,(H,23,25). The SMILES string of the molecule is CCOc1ccc(C2(C#N)CCN(CC(=O)NO)CC2)cc1OC1CCCC1. The molecule has 1 saturated carbocycles. The average Bonchev–Trinajstić information content (AvgIpc) is 3.23. The van der Waals surface area contributed by atoms with E-state index in [-0.39, 0.29) is 12.6 Å². The Morgan fingerprint density at radius 2 is 2.04 bits per heavy atom. The lowest BCUT2D eigenvalue weighted by atomic mass is 9.74. The first kappa shape index (κ1) is 20.4. The highest BCUT2D eigenvalue weighted by Crippen LogP contribution is 2.40. The zero-order valence-electron chi connectivity index (χ0n) is 16.4. The highest BCUT2D eigenvalue weighted by molar-refractivity contribution is 5.76. The van der Waals surface area contributed by atoms with E-state index >= 15 is 0 Å². The number of nitrogens with zero attached hydrogens (tertiary/aromatic N) is 2. The number of nitrogens with one attached hydrogen (secondary N) is 1. The van der Waals surface area contributed by atoms with Gasteiger partial charge in [0.05, 0.1) is 30.7 Å². The Hall–Kier alpha value is -2.30. The molecule has 2 aliphatic rings. The van der Waals surface area contributed by atoms with Gasteiger partial charge in [-0.15, -0.1) is 0 Å². The van der Waals surface area contributed by atoms with E-state index in [0.717, 1.165) is 29.9 Å². The predicted molar refractivity (Wildman–Crippen MR) is 103 cm³/mol. The third kappa shape index (κ3) is 4.57. The minimum atomic E-state index is -0.606. The van der Waals surface area contributed by atoms with Gasteiger partial charge in [-0.1, -0.05) is 6.07 Å². The third-order valence-electron chi connectivity index (χ3n) is 5.81. The van der Waals surface area contributed by atoms with Crippen LogP contribution in [-0.4, -0.2) is 48.4 Å². The number of nitriles is 1. The molecule has 1 aromatic rings. The number of carbonyl (C=O) groups excluding carboxylic acids is 1. The number of carbonyl (C=O) groups is 1. The molecule has 2 N–H and O–H groups in total. The summed E-state index contributed by atoms with van der Waals surface area (Å²) < 4.78 is 12.0. The average molecular weight is 387 g/mol. The number of hydrogen-bond acceptors (Lipinski definition) is 6. The van der Waals surface area contributed by atoms with Crippen molar-refractivity contribution in [2.75, 3.05) is 26.2 Å². The fourth-order valence-corrected chi connectivity index (χ4v) is 4.15. The Balaban J connectivity index is 1.78. The number of ether oxygens (including phenoxy) is 2. The number of piperidine rings is 1. The zero-order chi connectivity index (χ0) is 20.0. The molecule has 0 radical (unpaired) electrons. The Bertz CT molecular complexity index is 717. The molecule has 28 heavy (non-hydrogen) atoms. The van der Waals surface area contributed by atoms with E-state index in [1.165, 1.54) is 12.8 Å². The van der Waals surface area contributed by atoms with Crippen LogP contribution in [0.2, 0.25) is 0 Å². The Morgan fingerprint density at radius 3 is 2.64 bits per heavy atom. The van der Waals surface area contributed by atoms with Crippen LogP contribution in [0.1, 0.15) is 51.0 Å². The number of benzene rings is 1. The van der Waals surface area contributed by atoms with Gasteiger partial charge in [-0.25, -0.2) is 5.48 Å². The number of likely N-dealkylation sites (tertiary alicyclic amines) is 1. The molecule has 1 saturated heterocycles. The molecule has 1 aliphatic heterocycles. The van der Waals surface area contributed by atoms with Gasteiger partial charge in [-0.05, 0) is 63.1 Å². The van der Waals surface area contributed by atoms with Crippen molar-refractivity contribution in [2.45, 2.75) is 57.0 Å². The predicted octanol–water partition coefficient (Wildman–Crippen LogP) is 2.77. The van der Waals surface area contributed by atoms with E-state index in [0.29, 0.717) is 32.5 Å². The third-order valence-corrected chi connectivity index (χ3v) is 5.81. The largest absolute Gasteiger partial charge is 0.490 e. The highest BCUT2D eigenvalue weighted by Gasteiger charge is 2.37. The molecule has 3 rings (SSSR count). The molecule has 0 unspecified atom stereocenters. The fraction of sp³-hybridized carbons (Fsp3) is 0.619. The van der Waals surface area contributed by atoms with E-state index in [1.54, 1.807) is 5.48 Å². The van der Waals surface area contributed by atoms with Crippen LogP contribution in [-0.2, 0) is 10.2 Å². The topological polar surface area (TPSA) is 94.8 Å². The van der Waals surface area contributed by atoms with Crippen LogP contribution in [0.4, 0.5) is 0 Å². The van der Waals surface area contributed by atoms with Crippen LogP contribution in [0.5, 0.6) is 11.5 Å². The van der Waals surface area contributed by atoms with Gasteiger partial charge in [0.15, 0.2) is 11.5 Å². The van der Waals surface area contributed by atoms with Gasteiger partial charge >= 0.3 is 0 Å². The van der Waals surface area contributed by atoms with E-state index in [1.807, 2.05) is 30.0 Å². The summed E-state index contributed by atoms with van der Waals surface area (Å²) in [4.78, 5) is 13.3. The van der Waals surface area contributed by atoms with Gasteiger partial charge in [0.25, 0.3) is 5.91 Å². The second-order valence-corrected chi connectivity index (χ2v) is 7.62. The zero-order valence-corrected chi connectivity index (χ0v) is 16.4. The lowest BCUT2D eigenvalue weighted by Gasteiger charge is -2.37. The van der Waals surface area contributed by atoms with Gasteiger partial charge < -0.3 is 9.47 Å². The molecule has 152 valence electrons. The number of amides is 1. The maximum Gasteiger partial charge on any atom is 0.257 e. The van der Waals surface area contributed by atoms with Crippen LogP contribution in [0.15, 0.2) is 18.2 Å². The molecule has 0 atom stereocenters. The van der Waals surface area contributed by atoms with Crippen molar-refractivity contribution in [2.24, 2.45) is 0 Å². The summed E-state index contributed by atoms with van der Waals surface area (Å²) in [7, 11) is 0. The first-order valence-corrected chi connectivity index (χ1v) is 10.1. The second kappa shape index (κ2) is 9.26. The molecule has 0 spiro atoms. The lowest BCUT2D eigenvalue weighted by Crippen LogP contribution is -2.45. The van der Waals surface area contributed by atoms with E-state index < -0.39 is 11.3 Å². The number of hydroxylamine groups is 1. The summed E-state index contributed by atoms with van der Waals surface area (Å²) in [6, 6.07) is 8.37. The van der Waals surface area contributed by atoms with Gasteiger partial charge in [-0.2, -0.15) is 5.26 Å². The Morgan fingerprint density at radius 1 is 1.32 bits per heavy atom. The Labute approximate surface area is 166 Å². The van der Waals surface area contributed by atoms with Gasteiger partial charge in [0.1, 0.15) is 0 Å². The van der Waals surface area contributed by atoms with Crippen molar-refractivity contribution in [3.8, 4) is 17.6 Å². The van der Waals surface area contributed by atoms with Crippen LogP contribution < -0.4 is 15.0 Å². The Kier molecular flexibility index (Phi) is 6.76. The van der Waals surface area contributed by atoms with Crippen molar-refractivity contribution in [1.82, 2.24) is 10.4 Å². The van der Waals surface area contributed by atoms with Crippen molar-refractivity contribution >= 4 is 5.91 Å². The summed E-state index contributed by atoms with van der Waals surface area (Å²) in [5.41, 5.74) is 2.00. The summed E-state index contributed by atoms with van der Waals surface area (Å²) in [6.07, 6.45) is 5.95. The van der Waals surface area contributed by atoms with Crippen molar-refractivity contribution < 1.29 is 19.5 Å². The minimum absolute atomic E-state index is 0.136. The fourth-order valence-electron chi connectivity index (χ4n) is 4.15. The smallest absolute Gasteiger partial charge is 0.257 e. The van der Waals surface area contributed by atoms with Gasteiger partial charge in [-0.3, -0.25) is 14.9 Å². The highest BCUT2D eigenvalue weighted by atomic mass is 16.5. The van der Waals surface area contributed by atoms with Gasteiger partial charge in [0.2, 0.25) is 0 Å². The maximum atomic E-state index is 11.4. The van der Waals surface area contributed by atoms with Crippen LogP contribution >= 0.6 is 0 Å². The monoisotopic (exact) mass is 387 g/mol. The van der Waals surface area contributed by atoms with Crippen LogP contribution in [0.3, 0.4) is 0 Å². The molecule has 7 heteroatoms. The first-order chi connectivity index (χ1) is 13.6. The number of rotatable bonds is 7. The van der Waals surface area contributed by atoms with Crippen molar-refractivity contribution in [1.29, 1.82) is 5.26 Å². The molecule has 1 aromatic carbocycles. The minimum Gasteiger partial charge on any atom is -0.490 e. The van der Waals surface area contributed by atoms with Crippen molar-refractivity contribution in [3.63, 3.8) is 0 Å². The molecule has 1 heterocycles. The van der Waals surface area contributed by atoms with Crippen molar-refractivity contribution in [3.05, 3.63) is 23.8 Å². The molecular weight excluding hydrogens is 358 g/mol. The summed E-state index contributed by atoms with van der Waals surface area (Å²) in [6.45, 7) is 3.88. The molecule has 7 nitrogen and oxygen atoms in total.